The summed E-state index contributed by atoms with van der Waals surface area (Å²) in [6, 6.07) is 13.6. The predicted molar refractivity (Wildman–Crippen MR) is 94.3 cm³/mol. The molecule has 0 aliphatic carbocycles. The summed E-state index contributed by atoms with van der Waals surface area (Å²) < 4.78 is 18.5. The van der Waals surface area contributed by atoms with Gasteiger partial charge < -0.3 is 14.8 Å². The van der Waals surface area contributed by atoms with Gasteiger partial charge in [-0.3, -0.25) is 0 Å². The van der Waals surface area contributed by atoms with E-state index in [0.717, 1.165) is 11.3 Å². The van der Waals surface area contributed by atoms with Crippen LogP contribution in [0.25, 0.3) is 11.5 Å². The molecule has 25 heavy (non-hydrogen) atoms. The molecule has 0 aliphatic rings. The van der Waals surface area contributed by atoms with Crippen LogP contribution < -0.4 is 5.32 Å². The summed E-state index contributed by atoms with van der Waals surface area (Å²) in [5.74, 6) is 0.256. The third kappa shape index (κ3) is 4.32. The second-order valence-corrected chi connectivity index (χ2v) is 6.18. The van der Waals surface area contributed by atoms with E-state index in [1.54, 1.807) is 18.4 Å². The monoisotopic (exact) mass is 340 g/mol. The van der Waals surface area contributed by atoms with Crippen molar-refractivity contribution < 1.29 is 13.9 Å². The van der Waals surface area contributed by atoms with E-state index in [2.05, 4.69) is 10.3 Å². The van der Waals surface area contributed by atoms with Crippen molar-refractivity contribution in [2.75, 3.05) is 0 Å². The number of oxazole rings is 1. The van der Waals surface area contributed by atoms with Gasteiger partial charge in [-0.2, -0.15) is 0 Å². The summed E-state index contributed by atoms with van der Waals surface area (Å²) in [5, 5.41) is 13.6. The molecule has 0 radical (unpaired) electrons. The summed E-state index contributed by atoms with van der Waals surface area (Å²) in [6.07, 6.45) is 0.878. The topological polar surface area (TPSA) is 58.3 Å². The molecule has 0 spiro atoms. The number of nitrogens with zero attached hydrogens (tertiary/aromatic N) is 1. The number of benzene rings is 2. The van der Waals surface area contributed by atoms with Crippen LogP contribution in [0.2, 0.25) is 0 Å². The molecular weight excluding hydrogens is 319 g/mol. The first-order valence-electron chi connectivity index (χ1n) is 8.21. The van der Waals surface area contributed by atoms with Gasteiger partial charge in [-0.1, -0.05) is 29.8 Å². The Bertz CT molecular complexity index is 812. The van der Waals surface area contributed by atoms with Crippen molar-refractivity contribution >= 4 is 0 Å². The molecule has 5 heteroatoms. The molecule has 2 aromatic carbocycles. The van der Waals surface area contributed by atoms with Gasteiger partial charge in [-0.15, -0.1) is 0 Å². The first-order chi connectivity index (χ1) is 12.0. The summed E-state index contributed by atoms with van der Waals surface area (Å²) in [5.41, 5.74) is 3.53. The smallest absolute Gasteiger partial charge is 0.226 e. The number of aliphatic hydroxyl groups excluding tert-OH is 1. The maximum absolute atomic E-state index is 13.0. The van der Waals surface area contributed by atoms with E-state index in [1.165, 1.54) is 17.7 Å². The van der Waals surface area contributed by atoms with Crippen molar-refractivity contribution in [2.24, 2.45) is 0 Å². The maximum atomic E-state index is 13.0. The third-order valence-corrected chi connectivity index (χ3v) is 4.14. The fraction of sp³-hybridized carbons (Fsp3) is 0.250. The molecule has 0 aliphatic heterocycles. The van der Waals surface area contributed by atoms with E-state index < -0.39 is 6.10 Å². The van der Waals surface area contributed by atoms with E-state index in [1.807, 2.05) is 38.1 Å². The van der Waals surface area contributed by atoms with Crippen molar-refractivity contribution in [1.29, 1.82) is 0 Å². The number of aliphatic hydroxyl groups is 1. The standard InChI is InChI=1S/C20H21FN2O2/c1-13-3-5-16(6-4-13)20-23-18(12-25-20)11-22-14(2)19(24)15-7-9-17(21)10-8-15/h3-10,12,14,19,22,24H,11H2,1-2H3. The minimum Gasteiger partial charge on any atom is -0.444 e. The van der Waals surface area contributed by atoms with Crippen molar-refractivity contribution in [2.45, 2.75) is 32.5 Å². The Balaban J connectivity index is 1.59. The lowest BCUT2D eigenvalue weighted by molar-refractivity contribution is 0.135. The van der Waals surface area contributed by atoms with Crippen LogP contribution in [-0.4, -0.2) is 16.1 Å². The number of rotatable bonds is 6. The lowest BCUT2D eigenvalue weighted by Gasteiger charge is -2.20. The van der Waals surface area contributed by atoms with Crippen molar-refractivity contribution in [3.8, 4) is 11.5 Å². The Hall–Kier alpha value is -2.50. The average molecular weight is 340 g/mol. The van der Waals surface area contributed by atoms with Gasteiger partial charge in [-0.05, 0) is 43.7 Å². The van der Waals surface area contributed by atoms with Crippen LogP contribution in [0.4, 0.5) is 4.39 Å². The molecule has 3 rings (SSSR count). The Morgan fingerprint density at radius 1 is 1.12 bits per heavy atom. The zero-order chi connectivity index (χ0) is 17.8. The number of aryl methyl sites for hydroxylation is 1. The largest absolute Gasteiger partial charge is 0.444 e. The SMILES string of the molecule is Cc1ccc(-c2nc(CNC(C)C(O)c3ccc(F)cc3)co2)cc1. The van der Waals surface area contributed by atoms with Crippen molar-refractivity contribution in [3.63, 3.8) is 0 Å². The fourth-order valence-corrected chi connectivity index (χ4v) is 2.54. The zero-order valence-electron chi connectivity index (χ0n) is 14.2. The number of nitrogens with one attached hydrogen (secondary N) is 1. The van der Waals surface area contributed by atoms with Gasteiger partial charge in [0.2, 0.25) is 5.89 Å². The average Bonchev–Trinajstić information content (AvgIpc) is 3.09. The highest BCUT2D eigenvalue weighted by Crippen LogP contribution is 2.20. The molecule has 2 unspecified atom stereocenters. The molecule has 1 heterocycles. The predicted octanol–water partition coefficient (Wildman–Crippen LogP) is 4.00. The van der Waals surface area contributed by atoms with E-state index in [4.69, 9.17) is 4.42 Å². The molecule has 0 amide bonds. The van der Waals surface area contributed by atoms with Gasteiger partial charge in [0, 0.05) is 18.2 Å². The van der Waals surface area contributed by atoms with Gasteiger partial charge in [0.15, 0.2) is 0 Å². The molecule has 1 aromatic heterocycles. The van der Waals surface area contributed by atoms with Crippen LogP contribution in [0.1, 0.15) is 29.8 Å². The van der Waals surface area contributed by atoms with Crippen LogP contribution in [0.15, 0.2) is 59.2 Å². The molecule has 2 N–H and O–H groups in total. The second-order valence-electron chi connectivity index (χ2n) is 6.18. The van der Waals surface area contributed by atoms with Crippen molar-refractivity contribution in [3.05, 3.63) is 77.4 Å². The van der Waals surface area contributed by atoms with E-state index in [9.17, 15) is 9.50 Å². The second kappa shape index (κ2) is 7.59. The summed E-state index contributed by atoms with van der Waals surface area (Å²) in [7, 11) is 0. The van der Waals surface area contributed by atoms with Crippen LogP contribution >= 0.6 is 0 Å². The van der Waals surface area contributed by atoms with Crippen LogP contribution in [-0.2, 0) is 6.54 Å². The zero-order valence-corrected chi connectivity index (χ0v) is 14.2. The van der Waals surface area contributed by atoms with Crippen molar-refractivity contribution in [1.82, 2.24) is 10.3 Å². The Kier molecular flexibility index (Phi) is 5.26. The highest BCUT2D eigenvalue weighted by molar-refractivity contribution is 5.53. The molecule has 130 valence electrons. The number of aromatic nitrogens is 1. The van der Waals surface area contributed by atoms with Crippen LogP contribution in [0.3, 0.4) is 0 Å². The third-order valence-electron chi connectivity index (χ3n) is 4.14. The van der Waals surface area contributed by atoms with E-state index in [0.29, 0.717) is 18.0 Å². The molecule has 0 saturated carbocycles. The van der Waals surface area contributed by atoms with Crippen LogP contribution in [0, 0.1) is 12.7 Å². The molecule has 3 aromatic rings. The summed E-state index contributed by atoms with van der Waals surface area (Å²) in [6.45, 7) is 4.37. The lowest BCUT2D eigenvalue weighted by atomic mass is 10.0. The Labute approximate surface area is 146 Å². The number of hydrogen-bond donors (Lipinski definition) is 2. The first kappa shape index (κ1) is 17.3. The Morgan fingerprint density at radius 3 is 2.48 bits per heavy atom. The lowest BCUT2D eigenvalue weighted by Crippen LogP contribution is -2.31. The quantitative estimate of drug-likeness (QED) is 0.712. The highest BCUT2D eigenvalue weighted by atomic mass is 19.1. The minimum atomic E-state index is -0.732. The highest BCUT2D eigenvalue weighted by Gasteiger charge is 2.16. The van der Waals surface area contributed by atoms with Gasteiger partial charge in [-0.25, -0.2) is 9.37 Å². The number of hydrogen-bond acceptors (Lipinski definition) is 4. The Morgan fingerprint density at radius 2 is 1.80 bits per heavy atom. The summed E-state index contributed by atoms with van der Waals surface area (Å²) >= 11 is 0. The van der Waals surface area contributed by atoms with Gasteiger partial charge in [0.1, 0.15) is 12.1 Å². The van der Waals surface area contributed by atoms with Crippen LogP contribution in [0.5, 0.6) is 0 Å². The minimum absolute atomic E-state index is 0.218. The molecule has 0 fully saturated rings. The number of halogens is 1. The maximum Gasteiger partial charge on any atom is 0.226 e. The molecule has 0 bridgehead atoms. The molecular formula is C20H21FN2O2. The molecule has 0 saturated heterocycles. The molecule has 4 nitrogen and oxygen atoms in total. The normalized spacial score (nSPS) is 13.6. The van der Waals surface area contributed by atoms with Gasteiger partial charge in [0.05, 0.1) is 11.8 Å². The first-order valence-corrected chi connectivity index (χ1v) is 8.21. The summed E-state index contributed by atoms with van der Waals surface area (Å²) in [4.78, 5) is 4.47. The van der Waals surface area contributed by atoms with Gasteiger partial charge >= 0.3 is 0 Å². The van der Waals surface area contributed by atoms with E-state index >= 15 is 0 Å². The molecule has 2 atom stereocenters. The van der Waals surface area contributed by atoms with E-state index in [-0.39, 0.29) is 11.9 Å². The fourth-order valence-electron chi connectivity index (χ4n) is 2.54. The van der Waals surface area contributed by atoms with Gasteiger partial charge in [0.25, 0.3) is 0 Å².